The van der Waals surface area contributed by atoms with Crippen molar-refractivity contribution in [1.82, 2.24) is 4.90 Å². The van der Waals surface area contributed by atoms with Gasteiger partial charge < -0.3 is 15.0 Å². The predicted octanol–water partition coefficient (Wildman–Crippen LogP) is 4.36. The first-order chi connectivity index (χ1) is 11.1. The fourth-order valence-corrected chi connectivity index (χ4v) is 2.96. The number of rotatable bonds is 2. The molecule has 5 heteroatoms. The number of hydrogen-bond donors (Lipinski definition) is 1. The number of urea groups is 1. The van der Waals surface area contributed by atoms with Crippen LogP contribution >= 0.6 is 15.9 Å². The zero-order valence-electron chi connectivity index (χ0n) is 13.0. The van der Waals surface area contributed by atoms with Crippen LogP contribution in [0.15, 0.2) is 53.0 Å². The second-order valence-electron chi connectivity index (χ2n) is 5.61. The van der Waals surface area contributed by atoms with E-state index < -0.39 is 0 Å². The minimum absolute atomic E-state index is 0.0690. The van der Waals surface area contributed by atoms with Gasteiger partial charge in [-0.2, -0.15) is 0 Å². The average molecular weight is 375 g/mol. The van der Waals surface area contributed by atoms with Crippen molar-refractivity contribution >= 4 is 27.6 Å². The number of aryl methyl sites for hydroxylation is 1. The van der Waals surface area contributed by atoms with Crippen molar-refractivity contribution < 1.29 is 9.53 Å². The van der Waals surface area contributed by atoms with E-state index in [1.807, 2.05) is 55.5 Å². The zero-order chi connectivity index (χ0) is 16.2. The van der Waals surface area contributed by atoms with E-state index in [1.165, 1.54) is 0 Å². The fraction of sp³-hybridized carbons (Fsp3) is 0.278. The summed E-state index contributed by atoms with van der Waals surface area (Å²) in [6.07, 6.45) is -0.0690. The zero-order valence-corrected chi connectivity index (χ0v) is 14.5. The van der Waals surface area contributed by atoms with Crippen LogP contribution in [-0.2, 0) is 4.74 Å². The van der Waals surface area contributed by atoms with Gasteiger partial charge in [-0.3, -0.25) is 0 Å². The number of morpholine rings is 1. The number of anilines is 1. The van der Waals surface area contributed by atoms with Crippen LogP contribution in [0.3, 0.4) is 0 Å². The molecular weight excluding hydrogens is 356 g/mol. The molecule has 1 unspecified atom stereocenters. The number of hydrogen-bond acceptors (Lipinski definition) is 2. The molecule has 23 heavy (non-hydrogen) atoms. The Kier molecular flexibility index (Phi) is 4.98. The molecule has 0 aliphatic carbocycles. The molecule has 120 valence electrons. The number of carbonyl (C=O) groups excluding carboxylic acids is 1. The first kappa shape index (κ1) is 16.0. The van der Waals surface area contributed by atoms with E-state index in [4.69, 9.17) is 4.74 Å². The summed E-state index contributed by atoms with van der Waals surface area (Å²) in [4.78, 5) is 14.3. The Balaban J connectivity index is 1.66. The number of ether oxygens (including phenoxy) is 1. The van der Waals surface area contributed by atoms with Crippen LogP contribution in [0.25, 0.3) is 0 Å². The van der Waals surface area contributed by atoms with Crippen LogP contribution in [0.1, 0.15) is 17.2 Å². The standard InChI is InChI=1S/C18H19BrN2O2/c1-13-7-8-15(11-16(13)19)20-18(22)21-9-10-23-17(12-21)14-5-3-2-4-6-14/h2-8,11,17H,9-10,12H2,1H3,(H,20,22). The fourth-order valence-electron chi connectivity index (χ4n) is 2.58. The van der Waals surface area contributed by atoms with Crippen molar-refractivity contribution in [2.24, 2.45) is 0 Å². The lowest BCUT2D eigenvalue weighted by molar-refractivity contribution is -0.0135. The summed E-state index contributed by atoms with van der Waals surface area (Å²) in [5, 5.41) is 2.95. The molecule has 1 heterocycles. The second kappa shape index (κ2) is 7.15. The summed E-state index contributed by atoms with van der Waals surface area (Å²) in [5.41, 5.74) is 3.02. The van der Waals surface area contributed by atoms with Crippen molar-refractivity contribution in [3.63, 3.8) is 0 Å². The molecule has 1 fully saturated rings. The Morgan fingerprint density at radius 1 is 1.26 bits per heavy atom. The van der Waals surface area contributed by atoms with Gasteiger partial charge in [0.05, 0.1) is 13.2 Å². The molecule has 3 rings (SSSR count). The summed E-state index contributed by atoms with van der Waals surface area (Å²) in [6, 6.07) is 15.7. The molecular formula is C18H19BrN2O2. The largest absolute Gasteiger partial charge is 0.370 e. The van der Waals surface area contributed by atoms with Crippen LogP contribution in [0, 0.1) is 6.92 Å². The number of carbonyl (C=O) groups is 1. The van der Waals surface area contributed by atoms with Gasteiger partial charge in [0, 0.05) is 16.7 Å². The molecule has 1 saturated heterocycles. The first-order valence-electron chi connectivity index (χ1n) is 7.62. The van der Waals surface area contributed by atoms with Crippen LogP contribution in [0.4, 0.5) is 10.5 Å². The van der Waals surface area contributed by atoms with E-state index in [-0.39, 0.29) is 12.1 Å². The average Bonchev–Trinajstić information content (AvgIpc) is 2.59. The molecule has 1 aliphatic rings. The molecule has 0 aromatic heterocycles. The molecule has 0 radical (unpaired) electrons. The van der Waals surface area contributed by atoms with Crippen LogP contribution < -0.4 is 5.32 Å². The van der Waals surface area contributed by atoms with Gasteiger partial charge in [0.15, 0.2) is 0 Å². The third kappa shape index (κ3) is 3.92. The molecule has 2 aromatic rings. The lowest BCUT2D eigenvalue weighted by Crippen LogP contribution is -2.44. The smallest absolute Gasteiger partial charge is 0.322 e. The Hall–Kier alpha value is -1.85. The van der Waals surface area contributed by atoms with Crippen molar-refractivity contribution in [3.8, 4) is 0 Å². The van der Waals surface area contributed by atoms with E-state index in [0.29, 0.717) is 19.7 Å². The van der Waals surface area contributed by atoms with E-state index in [9.17, 15) is 4.79 Å². The minimum Gasteiger partial charge on any atom is -0.370 e. The lowest BCUT2D eigenvalue weighted by atomic mass is 10.1. The Bertz CT molecular complexity index is 691. The number of nitrogens with zero attached hydrogens (tertiary/aromatic N) is 1. The van der Waals surface area contributed by atoms with Crippen LogP contribution in [-0.4, -0.2) is 30.6 Å². The molecule has 2 aromatic carbocycles. The summed E-state index contributed by atoms with van der Waals surface area (Å²) < 4.78 is 6.79. The van der Waals surface area contributed by atoms with Gasteiger partial charge in [-0.25, -0.2) is 4.79 Å². The maximum absolute atomic E-state index is 12.5. The normalized spacial score (nSPS) is 17.8. The molecule has 1 aliphatic heterocycles. The van der Waals surface area contributed by atoms with Gasteiger partial charge in [-0.15, -0.1) is 0 Å². The van der Waals surface area contributed by atoms with Gasteiger partial charge in [0.1, 0.15) is 6.10 Å². The summed E-state index contributed by atoms with van der Waals surface area (Å²) in [5.74, 6) is 0. The summed E-state index contributed by atoms with van der Waals surface area (Å²) in [7, 11) is 0. The highest BCUT2D eigenvalue weighted by molar-refractivity contribution is 9.10. The van der Waals surface area contributed by atoms with Gasteiger partial charge in [0.2, 0.25) is 0 Å². The SMILES string of the molecule is Cc1ccc(NC(=O)N2CCOC(c3ccccc3)C2)cc1Br. The number of benzene rings is 2. The van der Waals surface area contributed by atoms with E-state index in [0.717, 1.165) is 21.3 Å². The summed E-state index contributed by atoms with van der Waals surface area (Å²) >= 11 is 3.49. The molecule has 0 saturated carbocycles. The molecule has 4 nitrogen and oxygen atoms in total. The van der Waals surface area contributed by atoms with Gasteiger partial charge in [0.25, 0.3) is 0 Å². The van der Waals surface area contributed by atoms with Gasteiger partial charge >= 0.3 is 6.03 Å². The quantitative estimate of drug-likeness (QED) is 0.847. The highest BCUT2D eigenvalue weighted by atomic mass is 79.9. The summed E-state index contributed by atoms with van der Waals surface area (Å²) in [6.45, 7) is 3.72. The van der Waals surface area contributed by atoms with E-state index in [2.05, 4.69) is 21.2 Å². The first-order valence-corrected chi connectivity index (χ1v) is 8.41. The van der Waals surface area contributed by atoms with Crippen molar-refractivity contribution in [3.05, 3.63) is 64.1 Å². The third-order valence-electron chi connectivity index (χ3n) is 3.95. The maximum Gasteiger partial charge on any atom is 0.322 e. The second-order valence-corrected chi connectivity index (χ2v) is 6.46. The number of amides is 2. The lowest BCUT2D eigenvalue weighted by Gasteiger charge is -2.33. The van der Waals surface area contributed by atoms with Crippen LogP contribution in [0.5, 0.6) is 0 Å². The molecule has 0 spiro atoms. The van der Waals surface area contributed by atoms with Crippen LogP contribution in [0.2, 0.25) is 0 Å². The van der Waals surface area contributed by atoms with Gasteiger partial charge in [-0.1, -0.05) is 52.3 Å². The highest BCUT2D eigenvalue weighted by Crippen LogP contribution is 2.24. The molecule has 0 bridgehead atoms. The highest BCUT2D eigenvalue weighted by Gasteiger charge is 2.25. The van der Waals surface area contributed by atoms with Crippen molar-refractivity contribution in [2.45, 2.75) is 13.0 Å². The van der Waals surface area contributed by atoms with Crippen molar-refractivity contribution in [2.75, 3.05) is 25.0 Å². The topological polar surface area (TPSA) is 41.6 Å². The monoisotopic (exact) mass is 374 g/mol. The number of nitrogens with one attached hydrogen (secondary N) is 1. The molecule has 2 amide bonds. The molecule has 1 atom stereocenters. The number of halogens is 1. The molecule has 1 N–H and O–H groups in total. The Labute approximate surface area is 144 Å². The van der Waals surface area contributed by atoms with Gasteiger partial charge in [-0.05, 0) is 30.2 Å². The maximum atomic E-state index is 12.5. The Morgan fingerprint density at radius 2 is 2.04 bits per heavy atom. The van der Waals surface area contributed by atoms with E-state index >= 15 is 0 Å². The Morgan fingerprint density at radius 3 is 2.78 bits per heavy atom. The van der Waals surface area contributed by atoms with E-state index in [1.54, 1.807) is 4.90 Å². The predicted molar refractivity (Wildman–Crippen MR) is 94.6 cm³/mol. The van der Waals surface area contributed by atoms with Crippen molar-refractivity contribution in [1.29, 1.82) is 0 Å². The minimum atomic E-state index is -0.0926. The third-order valence-corrected chi connectivity index (χ3v) is 4.80.